The zero-order valence-corrected chi connectivity index (χ0v) is 14.4. The number of nitrogens with zero attached hydrogens (tertiary/aromatic N) is 3. The first-order valence-corrected chi connectivity index (χ1v) is 7.90. The highest BCUT2D eigenvalue weighted by Crippen LogP contribution is 2.31. The molecule has 0 atom stereocenters. The summed E-state index contributed by atoms with van der Waals surface area (Å²) in [4.78, 5) is 6.41. The molecule has 0 aliphatic carbocycles. The van der Waals surface area contributed by atoms with Crippen LogP contribution in [0, 0.1) is 11.3 Å². The van der Waals surface area contributed by atoms with Gasteiger partial charge in [-0.1, -0.05) is 22.0 Å². The molecule has 0 aliphatic rings. The fourth-order valence-electron chi connectivity index (χ4n) is 2.39. The molecule has 0 saturated heterocycles. The molecule has 0 aliphatic heterocycles. The van der Waals surface area contributed by atoms with Crippen molar-refractivity contribution < 1.29 is 0 Å². The van der Waals surface area contributed by atoms with Crippen molar-refractivity contribution in [3.05, 3.63) is 58.7 Å². The fraction of sp³-hybridized carbons (Fsp3) is 0.111. The highest BCUT2D eigenvalue weighted by atomic mass is 79.9. The van der Waals surface area contributed by atoms with Crippen LogP contribution in [-0.2, 0) is 0 Å². The van der Waals surface area contributed by atoms with Crippen molar-refractivity contribution in [2.75, 3.05) is 24.3 Å². The molecule has 1 N–H and O–H groups in total. The Labute approximate surface area is 143 Å². The van der Waals surface area contributed by atoms with Gasteiger partial charge in [-0.15, -0.1) is 0 Å². The fourth-order valence-corrected chi connectivity index (χ4v) is 2.79. The zero-order chi connectivity index (χ0) is 16.4. The van der Waals surface area contributed by atoms with Crippen LogP contribution >= 0.6 is 15.9 Å². The van der Waals surface area contributed by atoms with Gasteiger partial charge in [0.1, 0.15) is 6.07 Å². The van der Waals surface area contributed by atoms with E-state index in [4.69, 9.17) is 0 Å². The zero-order valence-electron chi connectivity index (χ0n) is 12.8. The largest absolute Gasteiger partial charge is 0.378 e. The van der Waals surface area contributed by atoms with E-state index in [1.165, 1.54) is 0 Å². The number of nitriles is 1. The van der Waals surface area contributed by atoms with Gasteiger partial charge in [-0.3, -0.25) is 4.98 Å². The minimum Gasteiger partial charge on any atom is -0.378 e. The van der Waals surface area contributed by atoms with Crippen LogP contribution in [0.1, 0.15) is 5.56 Å². The van der Waals surface area contributed by atoms with Gasteiger partial charge in [0.05, 0.1) is 16.8 Å². The number of benzene rings is 2. The van der Waals surface area contributed by atoms with Crippen LogP contribution in [0.4, 0.5) is 17.1 Å². The van der Waals surface area contributed by atoms with E-state index >= 15 is 0 Å². The highest BCUT2D eigenvalue weighted by Gasteiger charge is 2.11. The van der Waals surface area contributed by atoms with E-state index in [9.17, 15) is 5.26 Å². The first-order valence-electron chi connectivity index (χ1n) is 7.11. The number of nitrogens with one attached hydrogen (secondary N) is 1. The Bertz CT molecular complexity index is 913. The summed E-state index contributed by atoms with van der Waals surface area (Å²) in [6.07, 6.45) is 1.61. The lowest BCUT2D eigenvalue weighted by Gasteiger charge is -2.16. The lowest BCUT2D eigenvalue weighted by Crippen LogP contribution is -2.08. The van der Waals surface area contributed by atoms with Gasteiger partial charge in [0, 0.05) is 41.5 Å². The second kappa shape index (κ2) is 6.27. The minimum atomic E-state index is 0.522. The van der Waals surface area contributed by atoms with E-state index in [-0.39, 0.29) is 0 Å². The van der Waals surface area contributed by atoms with Gasteiger partial charge in [0.25, 0.3) is 0 Å². The maximum atomic E-state index is 9.44. The van der Waals surface area contributed by atoms with Gasteiger partial charge in [-0.25, -0.2) is 0 Å². The van der Waals surface area contributed by atoms with Gasteiger partial charge < -0.3 is 10.2 Å². The Morgan fingerprint density at radius 1 is 1.17 bits per heavy atom. The van der Waals surface area contributed by atoms with Gasteiger partial charge >= 0.3 is 0 Å². The van der Waals surface area contributed by atoms with Crippen LogP contribution in [0.25, 0.3) is 10.9 Å². The maximum Gasteiger partial charge on any atom is 0.103 e. The predicted octanol–water partition coefficient (Wildman–Crippen LogP) is 4.68. The quantitative estimate of drug-likeness (QED) is 0.730. The summed E-state index contributed by atoms with van der Waals surface area (Å²) in [5.74, 6) is 0. The van der Waals surface area contributed by atoms with Gasteiger partial charge in [0.15, 0.2) is 0 Å². The molecular formula is C18H15BrN4. The summed E-state index contributed by atoms with van der Waals surface area (Å²) in [6, 6.07) is 16.1. The van der Waals surface area contributed by atoms with E-state index in [2.05, 4.69) is 32.3 Å². The van der Waals surface area contributed by atoms with Crippen LogP contribution in [0.2, 0.25) is 0 Å². The van der Waals surface area contributed by atoms with Crippen molar-refractivity contribution in [3.8, 4) is 6.07 Å². The maximum absolute atomic E-state index is 9.44. The van der Waals surface area contributed by atoms with Gasteiger partial charge in [-0.2, -0.15) is 5.26 Å². The summed E-state index contributed by atoms with van der Waals surface area (Å²) in [6.45, 7) is 0. The Morgan fingerprint density at radius 2 is 2.00 bits per heavy atom. The van der Waals surface area contributed by atoms with Crippen molar-refractivity contribution in [1.82, 2.24) is 4.98 Å². The normalized spacial score (nSPS) is 10.3. The second-order valence-electron chi connectivity index (χ2n) is 5.39. The molecule has 0 saturated carbocycles. The molecule has 23 heavy (non-hydrogen) atoms. The van der Waals surface area contributed by atoms with E-state index in [1.54, 1.807) is 6.20 Å². The molecule has 0 amide bonds. The third-order valence-corrected chi connectivity index (χ3v) is 4.08. The Balaban J connectivity index is 2.19. The van der Waals surface area contributed by atoms with Crippen LogP contribution in [0.15, 0.2) is 53.1 Å². The number of rotatable bonds is 3. The third kappa shape index (κ3) is 3.13. The van der Waals surface area contributed by atoms with Crippen molar-refractivity contribution >= 4 is 43.9 Å². The minimum absolute atomic E-state index is 0.522. The first kappa shape index (κ1) is 15.3. The molecule has 0 radical (unpaired) electrons. The molecule has 1 aromatic heterocycles. The third-order valence-electron chi connectivity index (χ3n) is 3.58. The van der Waals surface area contributed by atoms with Crippen LogP contribution < -0.4 is 10.2 Å². The van der Waals surface area contributed by atoms with Crippen molar-refractivity contribution in [1.29, 1.82) is 5.26 Å². The van der Waals surface area contributed by atoms with Crippen molar-refractivity contribution in [2.45, 2.75) is 0 Å². The number of anilines is 3. The second-order valence-corrected chi connectivity index (χ2v) is 6.31. The number of hydrogen-bond donors (Lipinski definition) is 1. The van der Waals surface area contributed by atoms with E-state index in [1.807, 2.05) is 61.5 Å². The van der Waals surface area contributed by atoms with E-state index in [0.29, 0.717) is 5.56 Å². The molecule has 114 valence electrons. The summed E-state index contributed by atoms with van der Waals surface area (Å²) >= 11 is 3.47. The molecule has 4 nitrogen and oxygen atoms in total. The number of hydrogen-bond acceptors (Lipinski definition) is 4. The summed E-state index contributed by atoms with van der Waals surface area (Å²) < 4.78 is 0.980. The molecule has 0 unspecified atom stereocenters. The molecule has 3 rings (SSSR count). The standard InChI is InChI=1S/C18H15BrN4/c1-23(2)15-6-7-17-16(9-15)18(12(10-20)11-21-17)22-14-5-3-4-13(19)8-14/h3-9,11H,1-2H3,(H,21,22). The smallest absolute Gasteiger partial charge is 0.103 e. The van der Waals surface area contributed by atoms with Crippen LogP contribution in [-0.4, -0.2) is 19.1 Å². The van der Waals surface area contributed by atoms with Gasteiger partial charge in [0.2, 0.25) is 0 Å². The lowest BCUT2D eigenvalue weighted by molar-refractivity contribution is 1.13. The number of aromatic nitrogens is 1. The molecule has 3 aromatic rings. The van der Waals surface area contributed by atoms with Crippen LogP contribution in [0.3, 0.4) is 0 Å². The molecular weight excluding hydrogens is 352 g/mol. The molecule has 5 heteroatoms. The summed E-state index contributed by atoms with van der Waals surface area (Å²) in [5.41, 5.74) is 4.13. The monoisotopic (exact) mass is 366 g/mol. The number of halogens is 1. The SMILES string of the molecule is CN(C)c1ccc2ncc(C#N)c(Nc3cccc(Br)c3)c2c1. The average molecular weight is 367 g/mol. The molecule has 2 aromatic carbocycles. The Kier molecular flexibility index (Phi) is 4.18. The van der Waals surface area contributed by atoms with E-state index in [0.717, 1.165) is 32.4 Å². The Morgan fingerprint density at radius 3 is 2.70 bits per heavy atom. The molecule has 0 fully saturated rings. The lowest BCUT2D eigenvalue weighted by atomic mass is 10.1. The molecule has 0 bridgehead atoms. The number of fused-ring (bicyclic) bond motifs is 1. The molecule has 0 spiro atoms. The Hall–Kier alpha value is -2.58. The van der Waals surface area contributed by atoms with Crippen LogP contribution in [0.5, 0.6) is 0 Å². The predicted molar refractivity (Wildman–Crippen MR) is 98.2 cm³/mol. The highest BCUT2D eigenvalue weighted by molar-refractivity contribution is 9.10. The van der Waals surface area contributed by atoms with Crippen molar-refractivity contribution in [2.24, 2.45) is 0 Å². The van der Waals surface area contributed by atoms with Gasteiger partial charge in [-0.05, 0) is 36.4 Å². The summed E-state index contributed by atoms with van der Waals surface area (Å²) in [5, 5.41) is 13.7. The van der Waals surface area contributed by atoms with Crippen molar-refractivity contribution in [3.63, 3.8) is 0 Å². The average Bonchev–Trinajstić information content (AvgIpc) is 2.54. The topological polar surface area (TPSA) is 52.0 Å². The first-order chi connectivity index (χ1) is 11.1. The molecule has 1 heterocycles. The number of pyridine rings is 1. The van der Waals surface area contributed by atoms with E-state index < -0.39 is 0 Å². The summed E-state index contributed by atoms with van der Waals surface area (Å²) in [7, 11) is 3.98.